The Morgan fingerprint density at radius 1 is 1.12 bits per heavy atom. The van der Waals surface area contributed by atoms with Gasteiger partial charge in [0.05, 0.1) is 16.9 Å². The summed E-state index contributed by atoms with van der Waals surface area (Å²) in [6.45, 7) is 7.45. The molecule has 0 aliphatic rings. The fourth-order valence-electron chi connectivity index (χ4n) is 3.26. The number of rotatable bonds is 6. The molecule has 2 aromatic carbocycles. The number of halogens is 2. The Labute approximate surface area is 201 Å². The Morgan fingerprint density at radius 3 is 2.33 bits per heavy atom. The van der Waals surface area contributed by atoms with Crippen LogP contribution in [0.4, 0.5) is 23.0 Å². The molecule has 0 amide bonds. The standard InChI is InChI=1S/C23H22Cl2N6O2/c1-13-9-16(17(11-26)14-5-7-15(24)8-6-14)18(25)10-19(13)29-21-20(31(32)33)22(28-12-27-21)30-23(2,3)4/h5-10,12,17H,1-4H3,(H2,27,28,29,30). The Balaban J connectivity index is 2.01. The van der Waals surface area contributed by atoms with Gasteiger partial charge in [-0.3, -0.25) is 10.1 Å². The zero-order valence-corrected chi connectivity index (χ0v) is 20.0. The molecule has 0 saturated carbocycles. The van der Waals surface area contributed by atoms with Gasteiger partial charge in [-0.25, -0.2) is 9.97 Å². The van der Waals surface area contributed by atoms with Gasteiger partial charge in [0.2, 0.25) is 11.6 Å². The Kier molecular flexibility index (Phi) is 7.06. The largest absolute Gasteiger partial charge is 0.360 e. The summed E-state index contributed by atoms with van der Waals surface area (Å²) in [5, 5.41) is 28.5. The third-order valence-electron chi connectivity index (χ3n) is 4.74. The highest BCUT2D eigenvalue weighted by Crippen LogP contribution is 2.37. The van der Waals surface area contributed by atoms with Gasteiger partial charge in [0, 0.05) is 21.3 Å². The van der Waals surface area contributed by atoms with Crippen LogP contribution in [0.15, 0.2) is 42.7 Å². The number of aromatic nitrogens is 2. The van der Waals surface area contributed by atoms with E-state index in [0.29, 0.717) is 21.3 Å². The summed E-state index contributed by atoms with van der Waals surface area (Å²) < 4.78 is 0. The number of anilines is 3. The van der Waals surface area contributed by atoms with Crippen LogP contribution < -0.4 is 10.6 Å². The fraction of sp³-hybridized carbons (Fsp3) is 0.261. The molecule has 170 valence electrons. The maximum Gasteiger partial charge on any atom is 0.353 e. The van der Waals surface area contributed by atoms with E-state index in [1.54, 1.807) is 36.4 Å². The molecule has 0 saturated heterocycles. The van der Waals surface area contributed by atoms with Gasteiger partial charge in [0.15, 0.2) is 0 Å². The van der Waals surface area contributed by atoms with Crippen LogP contribution >= 0.6 is 23.2 Å². The fourth-order valence-corrected chi connectivity index (χ4v) is 3.65. The SMILES string of the molecule is Cc1cc(C(C#N)c2ccc(Cl)cc2)c(Cl)cc1Nc1ncnc(NC(C)(C)C)c1[N+](=O)[O-]. The maximum atomic E-state index is 11.8. The maximum absolute atomic E-state index is 11.8. The van der Waals surface area contributed by atoms with Crippen LogP contribution in [-0.4, -0.2) is 20.4 Å². The van der Waals surface area contributed by atoms with Crippen LogP contribution in [0.25, 0.3) is 0 Å². The first-order valence-corrected chi connectivity index (χ1v) is 10.8. The van der Waals surface area contributed by atoms with E-state index in [9.17, 15) is 15.4 Å². The van der Waals surface area contributed by atoms with Gasteiger partial charge < -0.3 is 10.6 Å². The summed E-state index contributed by atoms with van der Waals surface area (Å²) in [6.07, 6.45) is 1.25. The molecule has 0 aliphatic heterocycles. The van der Waals surface area contributed by atoms with E-state index in [0.717, 1.165) is 11.1 Å². The molecule has 3 rings (SSSR count). The topological polar surface area (TPSA) is 117 Å². The van der Waals surface area contributed by atoms with Gasteiger partial charge in [-0.2, -0.15) is 5.26 Å². The number of hydrogen-bond acceptors (Lipinski definition) is 7. The summed E-state index contributed by atoms with van der Waals surface area (Å²) in [7, 11) is 0. The van der Waals surface area contributed by atoms with Gasteiger partial charge in [0.1, 0.15) is 6.33 Å². The van der Waals surface area contributed by atoms with Crippen LogP contribution in [0, 0.1) is 28.4 Å². The predicted octanol–water partition coefficient (Wildman–Crippen LogP) is 6.61. The molecule has 8 nitrogen and oxygen atoms in total. The lowest BCUT2D eigenvalue weighted by molar-refractivity contribution is -0.383. The zero-order valence-electron chi connectivity index (χ0n) is 18.5. The van der Waals surface area contributed by atoms with Gasteiger partial charge in [0.25, 0.3) is 0 Å². The van der Waals surface area contributed by atoms with Crippen molar-refractivity contribution in [1.82, 2.24) is 9.97 Å². The van der Waals surface area contributed by atoms with E-state index in [4.69, 9.17) is 23.2 Å². The number of nitrogens with zero attached hydrogens (tertiary/aromatic N) is 4. The second-order valence-electron chi connectivity index (χ2n) is 8.48. The monoisotopic (exact) mass is 484 g/mol. The summed E-state index contributed by atoms with van der Waals surface area (Å²) in [5.41, 5.74) is 1.93. The quantitative estimate of drug-likeness (QED) is 0.298. The molecule has 1 unspecified atom stereocenters. The lowest BCUT2D eigenvalue weighted by atomic mass is 9.91. The van der Waals surface area contributed by atoms with Crippen molar-refractivity contribution in [2.45, 2.75) is 39.2 Å². The van der Waals surface area contributed by atoms with Gasteiger partial charge in [-0.1, -0.05) is 41.4 Å². The summed E-state index contributed by atoms with van der Waals surface area (Å²) in [5.74, 6) is -0.459. The smallest absolute Gasteiger partial charge is 0.353 e. The molecule has 0 spiro atoms. The summed E-state index contributed by atoms with van der Waals surface area (Å²) in [6, 6.07) is 12.7. The first-order valence-electron chi connectivity index (χ1n) is 10.00. The predicted molar refractivity (Wildman–Crippen MR) is 130 cm³/mol. The van der Waals surface area contributed by atoms with Crippen LogP contribution in [0.1, 0.15) is 43.4 Å². The van der Waals surface area contributed by atoms with Crippen molar-refractivity contribution in [3.8, 4) is 6.07 Å². The number of nitrogens with one attached hydrogen (secondary N) is 2. The number of hydrogen-bond donors (Lipinski definition) is 2. The molecule has 0 bridgehead atoms. The van der Waals surface area contributed by atoms with Crippen molar-refractivity contribution < 1.29 is 4.92 Å². The average Bonchev–Trinajstić information content (AvgIpc) is 2.72. The van der Waals surface area contributed by atoms with Gasteiger partial charge >= 0.3 is 5.69 Å². The molecule has 0 fully saturated rings. The number of benzene rings is 2. The molecule has 0 aliphatic carbocycles. The van der Waals surface area contributed by atoms with Crippen LogP contribution in [0.5, 0.6) is 0 Å². The highest BCUT2D eigenvalue weighted by molar-refractivity contribution is 6.32. The van der Waals surface area contributed by atoms with Crippen LogP contribution in [0.3, 0.4) is 0 Å². The van der Waals surface area contributed by atoms with Crippen molar-refractivity contribution in [2.75, 3.05) is 10.6 Å². The van der Waals surface area contributed by atoms with Crippen molar-refractivity contribution in [1.29, 1.82) is 5.26 Å². The second-order valence-corrected chi connectivity index (χ2v) is 9.32. The highest BCUT2D eigenvalue weighted by atomic mass is 35.5. The van der Waals surface area contributed by atoms with Crippen molar-refractivity contribution in [3.05, 3.63) is 79.6 Å². The number of nitro groups is 1. The van der Waals surface area contributed by atoms with E-state index >= 15 is 0 Å². The molecular formula is C23H22Cl2N6O2. The number of nitriles is 1. The molecular weight excluding hydrogens is 463 g/mol. The summed E-state index contributed by atoms with van der Waals surface area (Å²) >= 11 is 12.5. The minimum atomic E-state index is -0.599. The molecule has 1 heterocycles. The lowest BCUT2D eigenvalue weighted by Gasteiger charge is -2.21. The summed E-state index contributed by atoms with van der Waals surface area (Å²) in [4.78, 5) is 19.4. The van der Waals surface area contributed by atoms with Crippen LogP contribution in [-0.2, 0) is 0 Å². The Hall–Kier alpha value is -3.41. The van der Waals surface area contributed by atoms with E-state index in [2.05, 4.69) is 26.7 Å². The van der Waals surface area contributed by atoms with Gasteiger partial charge in [-0.15, -0.1) is 0 Å². The third-order valence-corrected chi connectivity index (χ3v) is 5.32. The van der Waals surface area contributed by atoms with Crippen molar-refractivity contribution in [2.24, 2.45) is 0 Å². The molecule has 0 radical (unpaired) electrons. The first-order chi connectivity index (χ1) is 15.5. The second kappa shape index (κ2) is 9.61. The zero-order chi connectivity index (χ0) is 24.3. The minimum Gasteiger partial charge on any atom is -0.360 e. The molecule has 1 aromatic heterocycles. The van der Waals surface area contributed by atoms with Gasteiger partial charge in [-0.05, 0) is 62.6 Å². The molecule has 2 N–H and O–H groups in total. The van der Waals surface area contributed by atoms with E-state index < -0.39 is 16.4 Å². The minimum absolute atomic E-state index is 0.0307. The molecule has 1 atom stereocenters. The Bertz CT molecular complexity index is 1230. The van der Waals surface area contributed by atoms with Crippen LogP contribution in [0.2, 0.25) is 10.0 Å². The third kappa shape index (κ3) is 5.69. The Morgan fingerprint density at radius 2 is 1.76 bits per heavy atom. The normalized spacial score (nSPS) is 12.0. The lowest BCUT2D eigenvalue weighted by Crippen LogP contribution is -2.27. The van der Waals surface area contributed by atoms with Crippen molar-refractivity contribution >= 4 is 46.2 Å². The molecule has 3 aromatic rings. The highest BCUT2D eigenvalue weighted by Gasteiger charge is 2.27. The first kappa shape index (κ1) is 24.2. The molecule has 33 heavy (non-hydrogen) atoms. The number of aryl methyl sites for hydroxylation is 1. The van der Waals surface area contributed by atoms with Crippen molar-refractivity contribution in [3.63, 3.8) is 0 Å². The van der Waals surface area contributed by atoms with E-state index in [-0.39, 0.29) is 17.3 Å². The molecule has 10 heteroatoms. The van der Waals surface area contributed by atoms with E-state index in [1.807, 2.05) is 27.7 Å². The van der Waals surface area contributed by atoms with E-state index in [1.165, 1.54) is 6.33 Å². The average molecular weight is 485 g/mol.